The summed E-state index contributed by atoms with van der Waals surface area (Å²) in [7, 11) is 0. The molecule has 2 N–H and O–H groups in total. The van der Waals surface area contributed by atoms with Gasteiger partial charge in [0.1, 0.15) is 0 Å². The van der Waals surface area contributed by atoms with Crippen LogP contribution in [-0.2, 0) is 4.74 Å². The predicted molar refractivity (Wildman–Crippen MR) is 214 cm³/mol. The highest BCUT2D eigenvalue weighted by atomic mass is 16.5. The second kappa shape index (κ2) is 15.6. The molecule has 9 nitrogen and oxygen atoms in total. The van der Waals surface area contributed by atoms with Gasteiger partial charge in [-0.3, -0.25) is 9.80 Å². The van der Waals surface area contributed by atoms with E-state index in [1.54, 1.807) is 24.8 Å². The van der Waals surface area contributed by atoms with Gasteiger partial charge < -0.3 is 15.4 Å². The molecule has 0 saturated heterocycles. The third kappa shape index (κ3) is 8.38. The molecule has 9 heteroatoms. The smallest absolute Gasteiger partial charge is 0.221 e. The Hall–Kier alpha value is -5.80. The van der Waals surface area contributed by atoms with Crippen LogP contribution in [0, 0.1) is 55.4 Å². The second-order valence-corrected chi connectivity index (χ2v) is 13.7. The molecule has 0 unspecified atom stereocenters. The molecule has 0 amide bonds. The Morgan fingerprint density at radius 3 is 1.10 bits per heavy atom. The minimum Gasteiger partial charge on any atom is -0.340 e. The zero-order chi connectivity index (χ0) is 36.9. The van der Waals surface area contributed by atoms with Crippen LogP contribution < -0.4 is 20.4 Å². The molecule has 0 bridgehead atoms. The highest BCUT2D eigenvalue weighted by Gasteiger charge is 2.41. The van der Waals surface area contributed by atoms with Crippen molar-refractivity contribution in [2.75, 3.05) is 27.0 Å². The van der Waals surface area contributed by atoms with Crippen LogP contribution in [0.15, 0.2) is 97.6 Å². The lowest BCUT2D eigenvalue weighted by atomic mass is 10.1. The molecule has 1 aliphatic heterocycles. The van der Waals surface area contributed by atoms with Crippen molar-refractivity contribution in [1.82, 2.24) is 19.9 Å². The van der Waals surface area contributed by atoms with Crippen LogP contribution in [0.2, 0.25) is 0 Å². The number of nitrogens with one attached hydrogen (secondary N) is 2. The van der Waals surface area contributed by atoms with E-state index in [1.807, 2.05) is 6.92 Å². The zero-order valence-electron chi connectivity index (χ0n) is 31.6. The highest BCUT2D eigenvalue weighted by molar-refractivity contribution is 5.83. The molecule has 0 spiro atoms. The number of fused-ring (bicyclic) bond motifs is 1. The average molecular weight is 693 g/mol. The standard InChI is InChI=1S/C23H26N4O.C20H22N4/c1-6-28-23-26(19-11-15(2)9-16(3)12-19)21-22(25-8-7-24-21)27(23)20-13-17(4)10-18(5)14-20;1-13-7-14(2)10-17(9-13)23-19-20(22-6-5-21-19)24-18-11-15(3)8-16(4)12-18/h7-14,23H,6H2,1-5H3;5-12H,1-4H3,(H,21,23)(H,22,24). The molecular weight excluding hydrogens is 645 g/mol. The van der Waals surface area contributed by atoms with Gasteiger partial charge in [-0.1, -0.05) is 24.3 Å². The molecule has 3 heterocycles. The Kier molecular flexibility index (Phi) is 10.8. The maximum absolute atomic E-state index is 6.25. The first kappa shape index (κ1) is 36.0. The Morgan fingerprint density at radius 2 is 0.769 bits per heavy atom. The number of hydrogen-bond acceptors (Lipinski definition) is 9. The molecule has 0 aliphatic carbocycles. The van der Waals surface area contributed by atoms with Gasteiger partial charge in [0.05, 0.1) is 0 Å². The Labute approximate surface area is 307 Å². The van der Waals surface area contributed by atoms with Gasteiger partial charge in [0, 0.05) is 54.1 Å². The Morgan fingerprint density at radius 1 is 0.462 bits per heavy atom. The quantitative estimate of drug-likeness (QED) is 0.162. The van der Waals surface area contributed by atoms with Crippen molar-refractivity contribution in [3.8, 4) is 0 Å². The van der Waals surface area contributed by atoms with Crippen LogP contribution in [0.1, 0.15) is 51.4 Å². The summed E-state index contributed by atoms with van der Waals surface area (Å²) >= 11 is 0. The van der Waals surface area contributed by atoms with Crippen molar-refractivity contribution < 1.29 is 4.74 Å². The highest BCUT2D eigenvalue weighted by Crippen LogP contribution is 2.46. The van der Waals surface area contributed by atoms with Gasteiger partial charge in [-0.05, 0) is 155 Å². The number of ether oxygens (including phenoxy) is 1. The topological polar surface area (TPSA) is 91.3 Å². The van der Waals surface area contributed by atoms with E-state index in [4.69, 9.17) is 4.74 Å². The fourth-order valence-electron chi connectivity index (χ4n) is 6.85. The molecule has 52 heavy (non-hydrogen) atoms. The monoisotopic (exact) mass is 692 g/mol. The number of hydrogen-bond donors (Lipinski definition) is 2. The van der Waals surface area contributed by atoms with Crippen LogP contribution in [0.5, 0.6) is 0 Å². The fourth-order valence-corrected chi connectivity index (χ4v) is 6.85. The maximum atomic E-state index is 6.25. The van der Waals surface area contributed by atoms with E-state index in [0.717, 1.165) is 34.4 Å². The van der Waals surface area contributed by atoms with E-state index in [2.05, 4.69) is 169 Å². The van der Waals surface area contributed by atoms with Gasteiger partial charge in [0.15, 0.2) is 23.3 Å². The molecule has 4 aromatic carbocycles. The van der Waals surface area contributed by atoms with Crippen molar-refractivity contribution in [1.29, 1.82) is 0 Å². The average Bonchev–Trinajstić information content (AvgIpc) is 3.38. The molecule has 2 aromatic heterocycles. The lowest BCUT2D eigenvalue weighted by Gasteiger charge is -2.32. The molecule has 0 atom stereocenters. The minimum absolute atomic E-state index is 0.343. The number of aryl methyl sites for hydroxylation is 8. The molecule has 0 fully saturated rings. The Bertz CT molecular complexity index is 1970. The SMILES string of the molecule is CCOC1N(c2cc(C)cc(C)c2)c2nccnc2N1c1cc(C)cc(C)c1.Cc1cc(C)cc(Nc2nccnc2Nc2cc(C)cc(C)c2)c1. The van der Waals surface area contributed by atoms with Crippen molar-refractivity contribution >= 4 is 46.0 Å². The number of aromatic nitrogens is 4. The van der Waals surface area contributed by atoms with Crippen molar-refractivity contribution in [3.63, 3.8) is 0 Å². The fraction of sp³-hybridized carbons (Fsp3) is 0.256. The van der Waals surface area contributed by atoms with Crippen LogP contribution in [0.25, 0.3) is 0 Å². The zero-order valence-corrected chi connectivity index (χ0v) is 31.6. The summed E-state index contributed by atoms with van der Waals surface area (Å²) in [5, 5.41) is 6.74. The van der Waals surface area contributed by atoms with E-state index >= 15 is 0 Å². The molecule has 266 valence electrons. The first-order valence-electron chi connectivity index (χ1n) is 17.7. The number of rotatable bonds is 8. The minimum atomic E-state index is -0.343. The summed E-state index contributed by atoms with van der Waals surface area (Å²) in [5.41, 5.74) is 13.8. The van der Waals surface area contributed by atoms with E-state index in [0.29, 0.717) is 18.2 Å². The van der Waals surface area contributed by atoms with Gasteiger partial charge in [0.2, 0.25) is 6.35 Å². The third-order valence-corrected chi connectivity index (χ3v) is 8.51. The lowest BCUT2D eigenvalue weighted by Crippen LogP contribution is -2.41. The molecule has 6 aromatic rings. The van der Waals surface area contributed by atoms with Gasteiger partial charge in [-0.2, -0.15) is 0 Å². The van der Waals surface area contributed by atoms with E-state index in [1.165, 1.54) is 44.5 Å². The van der Waals surface area contributed by atoms with Crippen molar-refractivity contribution in [3.05, 3.63) is 142 Å². The summed E-state index contributed by atoms with van der Waals surface area (Å²) < 4.78 is 6.25. The first-order chi connectivity index (χ1) is 25.0. The van der Waals surface area contributed by atoms with Crippen molar-refractivity contribution in [2.24, 2.45) is 0 Å². The molecule has 7 rings (SSSR count). The summed E-state index contributed by atoms with van der Waals surface area (Å²) in [6.45, 7) is 19.4. The number of benzene rings is 4. The summed E-state index contributed by atoms with van der Waals surface area (Å²) in [4.78, 5) is 22.5. The summed E-state index contributed by atoms with van der Waals surface area (Å²) in [6, 6.07) is 25.7. The van der Waals surface area contributed by atoms with E-state index < -0.39 is 0 Å². The van der Waals surface area contributed by atoms with Gasteiger partial charge in [-0.25, -0.2) is 19.9 Å². The predicted octanol–water partition coefficient (Wildman–Crippen LogP) is 10.5. The third-order valence-electron chi connectivity index (χ3n) is 8.51. The molecule has 1 aliphatic rings. The van der Waals surface area contributed by atoms with Crippen LogP contribution in [-0.4, -0.2) is 32.9 Å². The normalized spacial score (nSPS) is 12.3. The molecule has 0 radical (unpaired) electrons. The van der Waals surface area contributed by atoms with Gasteiger partial charge in [0.25, 0.3) is 0 Å². The van der Waals surface area contributed by atoms with Crippen LogP contribution in [0.4, 0.5) is 46.0 Å². The Balaban J connectivity index is 0.000000181. The first-order valence-corrected chi connectivity index (χ1v) is 17.7. The van der Waals surface area contributed by atoms with Crippen LogP contribution >= 0.6 is 0 Å². The molecular formula is C43H48N8O. The second-order valence-electron chi connectivity index (χ2n) is 13.7. The summed E-state index contributed by atoms with van der Waals surface area (Å²) in [6.07, 6.45) is 6.52. The van der Waals surface area contributed by atoms with Gasteiger partial charge >= 0.3 is 0 Å². The van der Waals surface area contributed by atoms with E-state index in [9.17, 15) is 0 Å². The largest absolute Gasteiger partial charge is 0.340 e. The maximum Gasteiger partial charge on any atom is 0.221 e. The van der Waals surface area contributed by atoms with Crippen molar-refractivity contribution in [2.45, 2.75) is 68.7 Å². The number of anilines is 8. The van der Waals surface area contributed by atoms with Gasteiger partial charge in [-0.15, -0.1) is 0 Å². The summed E-state index contributed by atoms with van der Waals surface area (Å²) in [5.74, 6) is 3.04. The van der Waals surface area contributed by atoms with E-state index in [-0.39, 0.29) is 6.35 Å². The number of nitrogens with zero attached hydrogens (tertiary/aromatic N) is 6. The molecule has 0 saturated carbocycles. The van der Waals surface area contributed by atoms with Crippen LogP contribution in [0.3, 0.4) is 0 Å². The lowest BCUT2D eigenvalue weighted by molar-refractivity contribution is 0.0767.